The van der Waals surface area contributed by atoms with Crippen molar-refractivity contribution in [2.45, 2.75) is 11.8 Å². The van der Waals surface area contributed by atoms with E-state index >= 15 is 0 Å². The van der Waals surface area contributed by atoms with Crippen LogP contribution in [0.15, 0.2) is 47.4 Å². The lowest BCUT2D eigenvalue weighted by Gasteiger charge is -2.13. The van der Waals surface area contributed by atoms with E-state index in [0.717, 1.165) is 11.4 Å². The summed E-state index contributed by atoms with van der Waals surface area (Å²) in [6.07, 6.45) is 2.06. The quantitative estimate of drug-likeness (QED) is 0.635. The van der Waals surface area contributed by atoms with E-state index in [1.807, 2.05) is 37.3 Å². The smallest absolute Gasteiger partial charge is 0.144 e. The van der Waals surface area contributed by atoms with Gasteiger partial charge in [0, 0.05) is 16.6 Å². The molecule has 2 rings (SSSR count). The highest BCUT2D eigenvalue weighted by Gasteiger charge is 2.04. The maximum Gasteiger partial charge on any atom is 0.144 e. The number of benzene rings is 2. The highest BCUT2D eigenvalue weighted by molar-refractivity contribution is 7.98. The number of hydrogen-bond acceptors (Lipinski definition) is 4. The zero-order valence-electron chi connectivity index (χ0n) is 11.1. The van der Waals surface area contributed by atoms with Crippen molar-refractivity contribution in [3.05, 3.63) is 42.5 Å². The highest BCUT2D eigenvalue weighted by Crippen LogP contribution is 2.31. The minimum absolute atomic E-state index is 0.606. The molecule has 0 bridgehead atoms. The van der Waals surface area contributed by atoms with Crippen LogP contribution < -0.4 is 15.8 Å². The molecule has 0 aromatic heterocycles. The van der Waals surface area contributed by atoms with Gasteiger partial charge in [-0.25, -0.2) is 0 Å². The molecular formula is C15H18N2OS. The second kappa shape index (κ2) is 6.38. The molecule has 3 nitrogen and oxygen atoms in total. The summed E-state index contributed by atoms with van der Waals surface area (Å²) >= 11 is 1.71. The van der Waals surface area contributed by atoms with Crippen LogP contribution in [0, 0.1) is 0 Å². The van der Waals surface area contributed by atoms with Crippen molar-refractivity contribution in [2.75, 3.05) is 23.9 Å². The number of anilines is 3. The van der Waals surface area contributed by atoms with Gasteiger partial charge in [-0.3, -0.25) is 0 Å². The molecule has 2 aromatic rings. The van der Waals surface area contributed by atoms with Gasteiger partial charge in [-0.1, -0.05) is 12.1 Å². The Morgan fingerprint density at radius 1 is 1.21 bits per heavy atom. The molecule has 0 amide bonds. The third-order valence-corrected chi connectivity index (χ3v) is 3.50. The van der Waals surface area contributed by atoms with E-state index in [9.17, 15) is 0 Å². The van der Waals surface area contributed by atoms with Crippen molar-refractivity contribution in [1.29, 1.82) is 0 Å². The normalized spacial score (nSPS) is 10.2. The Balaban J connectivity index is 2.25. The van der Waals surface area contributed by atoms with Crippen molar-refractivity contribution in [3.8, 4) is 5.75 Å². The average molecular weight is 274 g/mol. The van der Waals surface area contributed by atoms with Gasteiger partial charge in [0.05, 0.1) is 18.0 Å². The van der Waals surface area contributed by atoms with Gasteiger partial charge < -0.3 is 15.8 Å². The van der Waals surface area contributed by atoms with Crippen LogP contribution in [0.2, 0.25) is 0 Å². The fourth-order valence-electron chi connectivity index (χ4n) is 1.80. The van der Waals surface area contributed by atoms with E-state index < -0.39 is 0 Å². The monoisotopic (exact) mass is 274 g/mol. The summed E-state index contributed by atoms with van der Waals surface area (Å²) in [5.41, 5.74) is 8.58. The van der Waals surface area contributed by atoms with Gasteiger partial charge in [-0.05, 0) is 37.4 Å². The van der Waals surface area contributed by atoms with Gasteiger partial charge in [0.15, 0.2) is 0 Å². The van der Waals surface area contributed by atoms with E-state index in [0.29, 0.717) is 18.0 Å². The first kappa shape index (κ1) is 13.6. The Labute approximate surface area is 118 Å². The molecule has 0 aliphatic rings. The third-order valence-electron chi connectivity index (χ3n) is 2.70. The SMILES string of the molecule is CCOc1cc(Nc2ccccc2SC)ccc1N. The zero-order chi connectivity index (χ0) is 13.7. The lowest BCUT2D eigenvalue weighted by atomic mass is 10.2. The van der Waals surface area contributed by atoms with E-state index in [1.54, 1.807) is 11.8 Å². The standard InChI is InChI=1S/C15H18N2OS/c1-3-18-14-10-11(8-9-12(14)16)17-13-6-4-5-7-15(13)19-2/h4-10,17H,3,16H2,1-2H3. The first-order valence-electron chi connectivity index (χ1n) is 6.17. The van der Waals surface area contributed by atoms with Crippen molar-refractivity contribution < 1.29 is 4.74 Å². The molecule has 0 spiro atoms. The highest BCUT2D eigenvalue weighted by atomic mass is 32.2. The van der Waals surface area contributed by atoms with E-state index in [1.165, 1.54) is 4.90 Å². The Morgan fingerprint density at radius 3 is 2.74 bits per heavy atom. The molecule has 0 saturated heterocycles. The Hall–Kier alpha value is -1.81. The van der Waals surface area contributed by atoms with E-state index in [-0.39, 0.29) is 0 Å². The molecule has 0 aliphatic heterocycles. The van der Waals surface area contributed by atoms with Crippen LogP contribution in [0.5, 0.6) is 5.75 Å². The van der Waals surface area contributed by atoms with Crippen molar-refractivity contribution in [2.24, 2.45) is 0 Å². The summed E-state index contributed by atoms with van der Waals surface area (Å²) in [6, 6.07) is 13.9. The van der Waals surface area contributed by atoms with Crippen LogP contribution in [0.4, 0.5) is 17.1 Å². The van der Waals surface area contributed by atoms with Gasteiger partial charge in [0.25, 0.3) is 0 Å². The molecule has 19 heavy (non-hydrogen) atoms. The number of nitrogens with two attached hydrogens (primary N) is 1. The molecular weight excluding hydrogens is 256 g/mol. The molecule has 3 N–H and O–H groups in total. The average Bonchev–Trinajstić information content (AvgIpc) is 2.43. The molecule has 0 aliphatic carbocycles. The number of ether oxygens (including phenoxy) is 1. The third kappa shape index (κ3) is 3.35. The van der Waals surface area contributed by atoms with E-state index in [4.69, 9.17) is 10.5 Å². The Kier molecular flexibility index (Phi) is 4.58. The van der Waals surface area contributed by atoms with E-state index in [2.05, 4.69) is 23.7 Å². The molecule has 0 unspecified atom stereocenters. The van der Waals surface area contributed by atoms with Crippen LogP contribution >= 0.6 is 11.8 Å². The summed E-state index contributed by atoms with van der Waals surface area (Å²) in [5.74, 6) is 0.717. The summed E-state index contributed by atoms with van der Waals surface area (Å²) in [5, 5.41) is 3.39. The number of thioether (sulfide) groups is 1. The molecule has 0 heterocycles. The second-order valence-electron chi connectivity index (χ2n) is 4.01. The Bertz CT molecular complexity index is 558. The molecule has 100 valence electrons. The van der Waals surface area contributed by atoms with Gasteiger partial charge in [-0.15, -0.1) is 11.8 Å². The first-order valence-corrected chi connectivity index (χ1v) is 7.39. The van der Waals surface area contributed by atoms with Crippen molar-refractivity contribution >= 4 is 28.8 Å². The van der Waals surface area contributed by atoms with Crippen LogP contribution in [0.25, 0.3) is 0 Å². The molecule has 2 aromatic carbocycles. The number of para-hydroxylation sites is 1. The lowest BCUT2D eigenvalue weighted by Crippen LogP contribution is -1.98. The summed E-state index contributed by atoms with van der Waals surface area (Å²) in [7, 11) is 0. The maximum atomic E-state index is 5.87. The van der Waals surface area contributed by atoms with Gasteiger partial charge >= 0.3 is 0 Å². The van der Waals surface area contributed by atoms with Crippen LogP contribution in [0.3, 0.4) is 0 Å². The minimum atomic E-state index is 0.606. The number of nitrogens with one attached hydrogen (secondary N) is 1. The molecule has 0 fully saturated rings. The van der Waals surface area contributed by atoms with Gasteiger partial charge in [0.1, 0.15) is 5.75 Å². The lowest BCUT2D eigenvalue weighted by molar-refractivity contribution is 0.342. The second-order valence-corrected chi connectivity index (χ2v) is 4.86. The zero-order valence-corrected chi connectivity index (χ0v) is 12.0. The molecule has 0 atom stereocenters. The summed E-state index contributed by atoms with van der Waals surface area (Å²) in [6.45, 7) is 2.55. The van der Waals surface area contributed by atoms with Crippen LogP contribution in [-0.2, 0) is 0 Å². The molecule has 0 saturated carbocycles. The fourth-order valence-corrected chi connectivity index (χ4v) is 2.35. The first-order chi connectivity index (χ1) is 9.24. The number of hydrogen-bond donors (Lipinski definition) is 2. The predicted octanol–water partition coefficient (Wildman–Crippen LogP) is 4.13. The minimum Gasteiger partial charge on any atom is -0.492 e. The van der Waals surface area contributed by atoms with Crippen molar-refractivity contribution in [1.82, 2.24) is 0 Å². The van der Waals surface area contributed by atoms with Crippen LogP contribution in [-0.4, -0.2) is 12.9 Å². The van der Waals surface area contributed by atoms with Crippen LogP contribution in [0.1, 0.15) is 6.92 Å². The largest absolute Gasteiger partial charge is 0.492 e. The maximum absolute atomic E-state index is 5.87. The predicted molar refractivity (Wildman–Crippen MR) is 83.5 cm³/mol. The summed E-state index contributed by atoms with van der Waals surface area (Å²) < 4.78 is 5.50. The Morgan fingerprint density at radius 2 is 2.00 bits per heavy atom. The molecule has 4 heteroatoms. The molecule has 0 radical (unpaired) electrons. The summed E-state index contributed by atoms with van der Waals surface area (Å²) in [4.78, 5) is 1.21. The fraction of sp³-hybridized carbons (Fsp3) is 0.200. The number of rotatable bonds is 5. The number of nitrogen functional groups attached to an aromatic ring is 1. The topological polar surface area (TPSA) is 47.3 Å². The van der Waals surface area contributed by atoms with Gasteiger partial charge in [0.2, 0.25) is 0 Å². The van der Waals surface area contributed by atoms with Gasteiger partial charge in [-0.2, -0.15) is 0 Å². The van der Waals surface area contributed by atoms with Crippen molar-refractivity contribution in [3.63, 3.8) is 0 Å².